The van der Waals surface area contributed by atoms with Gasteiger partial charge in [0, 0.05) is 12.0 Å². The molecule has 2 aromatic carbocycles. The van der Waals surface area contributed by atoms with Crippen LogP contribution < -0.4 is 19.5 Å². The molecule has 1 aliphatic rings. The van der Waals surface area contributed by atoms with Gasteiger partial charge < -0.3 is 19.5 Å². The van der Waals surface area contributed by atoms with Gasteiger partial charge in [0.25, 0.3) is 5.91 Å². The number of ether oxygens (including phenoxy) is 3. The third-order valence-electron chi connectivity index (χ3n) is 4.04. The van der Waals surface area contributed by atoms with Crippen molar-refractivity contribution in [3.8, 4) is 29.1 Å². The first-order valence-corrected chi connectivity index (χ1v) is 8.97. The summed E-state index contributed by atoms with van der Waals surface area (Å²) in [6.45, 7) is 4.30. The third-order valence-corrected chi connectivity index (χ3v) is 4.04. The minimum absolute atomic E-state index is 0.160. The SMILES string of the molecule is CC1(C)Cc2cccc(OCC#CCNC(=O)COc3ccc(F)cc3)c2O1. The summed E-state index contributed by atoms with van der Waals surface area (Å²) < 4.78 is 29.7. The van der Waals surface area contributed by atoms with Crippen LogP contribution >= 0.6 is 0 Å². The smallest absolute Gasteiger partial charge is 0.258 e. The van der Waals surface area contributed by atoms with Crippen LogP contribution in [0.4, 0.5) is 4.39 Å². The van der Waals surface area contributed by atoms with Gasteiger partial charge >= 0.3 is 0 Å². The topological polar surface area (TPSA) is 56.8 Å². The summed E-state index contributed by atoms with van der Waals surface area (Å²) in [6, 6.07) is 11.3. The lowest BCUT2D eigenvalue weighted by atomic mass is 10.0. The number of rotatable bonds is 6. The quantitative estimate of drug-likeness (QED) is 0.779. The van der Waals surface area contributed by atoms with E-state index in [4.69, 9.17) is 14.2 Å². The van der Waals surface area contributed by atoms with Crippen LogP contribution in [0.25, 0.3) is 0 Å². The van der Waals surface area contributed by atoms with Crippen molar-refractivity contribution in [1.82, 2.24) is 5.32 Å². The second-order valence-electron chi connectivity index (χ2n) is 6.94. The molecule has 0 radical (unpaired) electrons. The lowest BCUT2D eigenvalue weighted by molar-refractivity contribution is -0.122. The van der Waals surface area contributed by atoms with Crippen LogP contribution in [0, 0.1) is 17.7 Å². The van der Waals surface area contributed by atoms with Crippen molar-refractivity contribution >= 4 is 5.91 Å². The van der Waals surface area contributed by atoms with Crippen molar-refractivity contribution in [2.45, 2.75) is 25.9 Å². The van der Waals surface area contributed by atoms with Crippen molar-refractivity contribution in [3.63, 3.8) is 0 Å². The summed E-state index contributed by atoms with van der Waals surface area (Å²) in [5.74, 6) is 6.89. The number of para-hydroxylation sites is 1. The highest BCUT2D eigenvalue weighted by molar-refractivity contribution is 5.77. The van der Waals surface area contributed by atoms with E-state index in [-0.39, 0.29) is 37.1 Å². The highest BCUT2D eigenvalue weighted by atomic mass is 19.1. The number of benzene rings is 2. The lowest BCUT2D eigenvalue weighted by Crippen LogP contribution is -2.29. The monoisotopic (exact) mass is 383 g/mol. The first-order chi connectivity index (χ1) is 13.4. The van der Waals surface area contributed by atoms with E-state index in [1.165, 1.54) is 24.3 Å². The Bertz CT molecular complexity index is 897. The third kappa shape index (κ3) is 5.40. The van der Waals surface area contributed by atoms with Gasteiger partial charge in [-0.05, 0) is 44.2 Å². The Labute approximate surface area is 163 Å². The van der Waals surface area contributed by atoms with E-state index in [0.717, 1.165) is 17.7 Å². The van der Waals surface area contributed by atoms with Crippen LogP contribution in [-0.2, 0) is 11.2 Å². The van der Waals surface area contributed by atoms with E-state index >= 15 is 0 Å². The highest BCUT2D eigenvalue weighted by Gasteiger charge is 2.32. The molecule has 2 aromatic rings. The molecule has 1 amide bonds. The molecule has 0 unspecified atom stereocenters. The van der Waals surface area contributed by atoms with Gasteiger partial charge in [-0.2, -0.15) is 0 Å². The molecule has 0 spiro atoms. The number of carbonyl (C=O) groups is 1. The molecule has 0 saturated carbocycles. The van der Waals surface area contributed by atoms with Crippen LogP contribution in [0.3, 0.4) is 0 Å². The molecular formula is C22H22FNO4. The molecule has 28 heavy (non-hydrogen) atoms. The number of nitrogens with one attached hydrogen (secondary N) is 1. The average molecular weight is 383 g/mol. The molecule has 6 heteroatoms. The predicted octanol–water partition coefficient (Wildman–Crippen LogP) is 3.12. The van der Waals surface area contributed by atoms with Gasteiger partial charge in [-0.1, -0.05) is 24.0 Å². The molecule has 0 fully saturated rings. The molecule has 0 saturated heterocycles. The second kappa shape index (κ2) is 8.66. The van der Waals surface area contributed by atoms with Crippen molar-refractivity contribution < 1.29 is 23.4 Å². The van der Waals surface area contributed by atoms with Crippen molar-refractivity contribution in [2.24, 2.45) is 0 Å². The van der Waals surface area contributed by atoms with E-state index in [1.54, 1.807) is 0 Å². The van der Waals surface area contributed by atoms with E-state index in [9.17, 15) is 9.18 Å². The Morgan fingerprint density at radius 2 is 1.96 bits per heavy atom. The van der Waals surface area contributed by atoms with Crippen molar-refractivity contribution in [1.29, 1.82) is 0 Å². The van der Waals surface area contributed by atoms with E-state index in [2.05, 4.69) is 17.2 Å². The van der Waals surface area contributed by atoms with Crippen molar-refractivity contribution in [3.05, 3.63) is 53.8 Å². The molecule has 1 N–H and O–H groups in total. The number of hydrogen-bond donors (Lipinski definition) is 1. The second-order valence-corrected chi connectivity index (χ2v) is 6.94. The molecule has 3 rings (SSSR count). The largest absolute Gasteiger partial charge is 0.484 e. The number of hydrogen-bond acceptors (Lipinski definition) is 4. The van der Waals surface area contributed by atoms with Gasteiger partial charge in [-0.3, -0.25) is 4.79 Å². The summed E-state index contributed by atoms with van der Waals surface area (Å²) in [6.07, 6.45) is 0.844. The molecule has 0 aromatic heterocycles. The molecule has 0 aliphatic carbocycles. The average Bonchev–Trinajstić information content (AvgIpc) is 2.98. The first kappa shape index (κ1) is 19.6. The Morgan fingerprint density at radius 1 is 1.18 bits per heavy atom. The van der Waals surface area contributed by atoms with Crippen molar-refractivity contribution in [2.75, 3.05) is 19.8 Å². The fourth-order valence-electron chi connectivity index (χ4n) is 2.80. The Morgan fingerprint density at radius 3 is 2.75 bits per heavy atom. The van der Waals surface area contributed by atoms with Crippen LogP contribution in [0.1, 0.15) is 19.4 Å². The molecule has 1 heterocycles. The van der Waals surface area contributed by atoms with Crippen LogP contribution in [-0.4, -0.2) is 31.3 Å². The van der Waals surface area contributed by atoms with Gasteiger partial charge in [0.05, 0.1) is 6.54 Å². The maximum absolute atomic E-state index is 12.8. The van der Waals surface area contributed by atoms with Gasteiger partial charge in [-0.25, -0.2) is 4.39 Å². The normalized spacial score (nSPS) is 13.5. The summed E-state index contributed by atoms with van der Waals surface area (Å²) in [7, 11) is 0. The number of amides is 1. The minimum Gasteiger partial charge on any atom is -0.484 e. The zero-order chi connectivity index (χ0) is 20.0. The predicted molar refractivity (Wildman–Crippen MR) is 103 cm³/mol. The van der Waals surface area contributed by atoms with Gasteiger partial charge in [0.1, 0.15) is 23.8 Å². The van der Waals surface area contributed by atoms with Gasteiger partial charge in [-0.15, -0.1) is 0 Å². The Hall–Kier alpha value is -3.20. The summed E-state index contributed by atoms with van der Waals surface area (Å²) >= 11 is 0. The van der Waals surface area contributed by atoms with Gasteiger partial charge in [0.15, 0.2) is 18.1 Å². The zero-order valence-corrected chi connectivity index (χ0v) is 15.9. The fraction of sp³-hybridized carbons (Fsp3) is 0.318. The van der Waals surface area contributed by atoms with E-state index < -0.39 is 0 Å². The maximum Gasteiger partial charge on any atom is 0.258 e. The molecule has 1 aliphatic heterocycles. The van der Waals surface area contributed by atoms with Crippen LogP contribution in [0.15, 0.2) is 42.5 Å². The zero-order valence-electron chi connectivity index (χ0n) is 15.9. The maximum atomic E-state index is 12.8. The molecular weight excluding hydrogens is 361 g/mol. The molecule has 0 atom stereocenters. The molecule has 146 valence electrons. The van der Waals surface area contributed by atoms with E-state index in [0.29, 0.717) is 11.5 Å². The van der Waals surface area contributed by atoms with Crippen LogP contribution in [0.2, 0.25) is 0 Å². The Kier molecular flexibility index (Phi) is 6.05. The molecule has 0 bridgehead atoms. The number of halogens is 1. The fourth-order valence-corrected chi connectivity index (χ4v) is 2.80. The van der Waals surface area contributed by atoms with E-state index in [1.807, 2.05) is 32.0 Å². The standard InChI is InChI=1S/C22H22FNO4/c1-22(2)14-16-6-5-7-19(21(16)28-22)26-13-4-3-12-24-20(25)15-27-18-10-8-17(23)9-11-18/h5-11H,12-15H2,1-2H3,(H,24,25). The number of carbonyl (C=O) groups excluding carboxylic acids is 1. The van der Waals surface area contributed by atoms with Crippen LogP contribution in [0.5, 0.6) is 17.2 Å². The lowest BCUT2D eigenvalue weighted by Gasteiger charge is -2.17. The van der Waals surface area contributed by atoms with Gasteiger partial charge in [0.2, 0.25) is 0 Å². The summed E-state index contributed by atoms with van der Waals surface area (Å²) in [4.78, 5) is 11.7. The number of fused-ring (bicyclic) bond motifs is 1. The summed E-state index contributed by atoms with van der Waals surface area (Å²) in [5, 5.41) is 2.62. The summed E-state index contributed by atoms with van der Waals surface area (Å²) in [5.41, 5.74) is 0.900. The first-order valence-electron chi connectivity index (χ1n) is 8.97. The molecule has 5 nitrogen and oxygen atoms in total. The Balaban J connectivity index is 1.38. The minimum atomic E-state index is -0.356. The highest BCUT2D eigenvalue weighted by Crippen LogP contribution is 2.41.